The Morgan fingerprint density at radius 1 is 1.03 bits per heavy atom. The fraction of sp³-hybridized carbons (Fsp3) is 0.667. The molecule has 3 aliphatic rings. The number of carbonyl (C=O) groups excluding carboxylic acids is 2. The van der Waals surface area contributed by atoms with E-state index in [9.17, 15) is 9.59 Å². The second kappa shape index (κ2) is 7.03. The van der Waals surface area contributed by atoms with Gasteiger partial charge < -0.3 is 14.2 Å². The zero-order valence-electron chi connectivity index (χ0n) is 18.2. The van der Waals surface area contributed by atoms with Gasteiger partial charge in [0.1, 0.15) is 11.4 Å². The summed E-state index contributed by atoms with van der Waals surface area (Å²) in [5, 5.41) is 0. The van der Waals surface area contributed by atoms with E-state index in [0.717, 1.165) is 36.0 Å². The molecule has 0 aromatic heterocycles. The zero-order chi connectivity index (χ0) is 21.0. The molecule has 5 heteroatoms. The third-order valence-corrected chi connectivity index (χ3v) is 7.80. The Morgan fingerprint density at radius 2 is 1.69 bits per heavy atom. The minimum Gasteiger partial charge on any atom is -0.487 e. The summed E-state index contributed by atoms with van der Waals surface area (Å²) >= 11 is 0. The topological polar surface area (TPSA) is 61.8 Å². The van der Waals surface area contributed by atoms with Gasteiger partial charge in [-0.05, 0) is 61.5 Å². The molecule has 158 valence electrons. The highest BCUT2D eigenvalue weighted by Crippen LogP contribution is 2.62. The Bertz CT molecular complexity index is 846. The number of hydrogen-bond acceptors (Lipinski definition) is 5. The zero-order valence-corrected chi connectivity index (χ0v) is 18.2. The number of esters is 2. The molecule has 0 saturated heterocycles. The first-order valence-corrected chi connectivity index (χ1v) is 10.8. The van der Waals surface area contributed by atoms with Crippen LogP contribution in [-0.4, -0.2) is 17.5 Å². The minimum atomic E-state index is -0.456. The number of carbonyl (C=O) groups is 2. The maximum absolute atomic E-state index is 11.6. The molecule has 1 heterocycles. The summed E-state index contributed by atoms with van der Waals surface area (Å²) in [5.41, 5.74) is 1.05. The lowest BCUT2D eigenvalue weighted by Crippen LogP contribution is -2.59. The van der Waals surface area contributed by atoms with Gasteiger partial charge in [0.15, 0.2) is 11.5 Å². The van der Waals surface area contributed by atoms with E-state index in [2.05, 4.69) is 20.8 Å². The van der Waals surface area contributed by atoms with Crippen molar-refractivity contribution in [3.63, 3.8) is 0 Å². The molecule has 0 N–H and O–H groups in total. The van der Waals surface area contributed by atoms with Crippen molar-refractivity contribution in [1.82, 2.24) is 0 Å². The van der Waals surface area contributed by atoms with Gasteiger partial charge in [-0.3, -0.25) is 9.59 Å². The lowest BCUT2D eigenvalue weighted by Gasteiger charge is -2.60. The van der Waals surface area contributed by atoms with Gasteiger partial charge in [-0.2, -0.15) is 0 Å². The van der Waals surface area contributed by atoms with Crippen molar-refractivity contribution in [3.8, 4) is 17.2 Å². The van der Waals surface area contributed by atoms with Gasteiger partial charge in [-0.15, -0.1) is 0 Å². The molecule has 29 heavy (non-hydrogen) atoms. The minimum absolute atomic E-state index is 0.230. The molecule has 0 radical (unpaired) electrons. The van der Waals surface area contributed by atoms with Crippen LogP contribution in [0.4, 0.5) is 0 Å². The fourth-order valence-corrected chi connectivity index (χ4v) is 6.55. The van der Waals surface area contributed by atoms with Gasteiger partial charge in [0, 0.05) is 25.8 Å². The van der Waals surface area contributed by atoms with Gasteiger partial charge in [0.25, 0.3) is 0 Å². The summed E-state index contributed by atoms with van der Waals surface area (Å²) in [6.07, 6.45) is 6.96. The van der Waals surface area contributed by atoms with E-state index in [1.54, 1.807) is 6.07 Å². The summed E-state index contributed by atoms with van der Waals surface area (Å²) in [5.74, 6) is 2.26. The number of rotatable bonds is 2. The highest BCUT2D eigenvalue weighted by atomic mass is 16.6. The Hall–Kier alpha value is -2.04. The van der Waals surface area contributed by atoms with Gasteiger partial charge >= 0.3 is 11.9 Å². The molecule has 2 saturated carbocycles. The molecule has 2 fully saturated rings. The van der Waals surface area contributed by atoms with Crippen LogP contribution in [-0.2, 0) is 16.0 Å². The smallest absolute Gasteiger partial charge is 0.308 e. The summed E-state index contributed by atoms with van der Waals surface area (Å²) in [6, 6.07) is 3.54. The van der Waals surface area contributed by atoms with E-state index in [1.807, 2.05) is 6.07 Å². The second-order valence-corrected chi connectivity index (χ2v) is 9.79. The van der Waals surface area contributed by atoms with Crippen molar-refractivity contribution < 1.29 is 23.8 Å². The van der Waals surface area contributed by atoms with Crippen molar-refractivity contribution in [3.05, 3.63) is 17.7 Å². The van der Waals surface area contributed by atoms with E-state index in [1.165, 1.54) is 39.5 Å². The molecule has 5 atom stereocenters. The molecule has 1 aromatic rings. The molecule has 0 amide bonds. The average molecular weight is 401 g/mol. The van der Waals surface area contributed by atoms with E-state index < -0.39 is 11.9 Å². The Morgan fingerprint density at radius 3 is 2.34 bits per heavy atom. The predicted molar refractivity (Wildman–Crippen MR) is 109 cm³/mol. The first-order chi connectivity index (χ1) is 13.6. The van der Waals surface area contributed by atoms with Gasteiger partial charge in [0.2, 0.25) is 0 Å². The summed E-state index contributed by atoms with van der Waals surface area (Å²) in [6.45, 7) is 9.80. The van der Waals surface area contributed by atoms with Crippen LogP contribution in [0.3, 0.4) is 0 Å². The Kier molecular flexibility index (Phi) is 4.91. The van der Waals surface area contributed by atoms with E-state index in [4.69, 9.17) is 14.2 Å². The normalized spacial score (nSPS) is 35.4. The van der Waals surface area contributed by atoms with Crippen LogP contribution < -0.4 is 14.2 Å². The van der Waals surface area contributed by atoms with Crippen LogP contribution in [0.2, 0.25) is 0 Å². The van der Waals surface area contributed by atoms with Crippen LogP contribution in [0.15, 0.2) is 12.1 Å². The maximum Gasteiger partial charge on any atom is 0.308 e. The number of fused-ring (bicyclic) bond motifs is 4. The largest absolute Gasteiger partial charge is 0.487 e. The lowest BCUT2D eigenvalue weighted by molar-refractivity contribution is -0.144. The highest BCUT2D eigenvalue weighted by molar-refractivity contribution is 5.74. The van der Waals surface area contributed by atoms with E-state index in [-0.39, 0.29) is 22.5 Å². The average Bonchev–Trinajstić information content (AvgIpc) is 2.60. The molecule has 1 aromatic carbocycles. The Balaban J connectivity index is 1.74. The monoisotopic (exact) mass is 400 g/mol. The van der Waals surface area contributed by atoms with Crippen LogP contribution in [0.25, 0.3) is 0 Å². The van der Waals surface area contributed by atoms with Gasteiger partial charge in [-0.1, -0.05) is 26.7 Å². The molecule has 0 bridgehead atoms. The molecule has 2 aliphatic carbocycles. The van der Waals surface area contributed by atoms with E-state index in [0.29, 0.717) is 5.92 Å². The van der Waals surface area contributed by atoms with Crippen molar-refractivity contribution in [2.24, 2.45) is 23.2 Å². The van der Waals surface area contributed by atoms with Crippen molar-refractivity contribution in [1.29, 1.82) is 0 Å². The standard InChI is InChI=1S/C24H32O5/c1-14-7-6-9-23(4)18(14)8-10-24(5)22(23)12-17-11-20(27-15(2)25)21(28-16(3)26)13-19(17)29-24/h11,13-14,18,22H,6-10,12H2,1-5H3/t14?,18?,22?,23?,24-/m0/s1. The van der Waals surface area contributed by atoms with Crippen LogP contribution in [0, 0.1) is 23.2 Å². The fourth-order valence-electron chi connectivity index (χ4n) is 6.55. The molecular weight excluding hydrogens is 368 g/mol. The molecule has 4 unspecified atom stereocenters. The van der Waals surface area contributed by atoms with Crippen LogP contribution in [0.5, 0.6) is 17.2 Å². The highest BCUT2D eigenvalue weighted by Gasteiger charge is 2.58. The summed E-state index contributed by atoms with van der Waals surface area (Å²) < 4.78 is 17.3. The third kappa shape index (κ3) is 3.43. The molecular formula is C24H32O5. The number of hydrogen-bond donors (Lipinski definition) is 0. The maximum atomic E-state index is 11.6. The van der Waals surface area contributed by atoms with Gasteiger partial charge in [0.05, 0.1) is 0 Å². The molecule has 5 nitrogen and oxygen atoms in total. The quantitative estimate of drug-likeness (QED) is 0.511. The number of benzene rings is 1. The summed E-state index contributed by atoms with van der Waals surface area (Å²) in [4.78, 5) is 23.1. The third-order valence-electron chi connectivity index (χ3n) is 7.80. The lowest BCUT2D eigenvalue weighted by atomic mass is 9.48. The molecule has 4 rings (SSSR count). The van der Waals surface area contributed by atoms with E-state index >= 15 is 0 Å². The van der Waals surface area contributed by atoms with Crippen molar-refractivity contribution in [2.45, 2.75) is 78.7 Å². The Labute approximate surface area is 173 Å². The van der Waals surface area contributed by atoms with Crippen LogP contribution >= 0.6 is 0 Å². The first kappa shape index (κ1) is 20.2. The summed E-state index contributed by atoms with van der Waals surface area (Å²) in [7, 11) is 0. The number of ether oxygens (including phenoxy) is 3. The second-order valence-electron chi connectivity index (χ2n) is 9.79. The van der Waals surface area contributed by atoms with Crippen LogP contribution in [0.1, 0.15) is 72.3 Å². The van der Waals surface area contributed by atoms with Crippen molar-refractivity contribution >= 4 is 11.9 Å². The predicted octanol–water partition coefficient (Wildman–Crippen LogP) is 5.08. The molecule has 0 spiro atoms. The SMILES string of the molecule is CC(=O)Oc1cc2c(cc1OC(C)=O)O[C@@]1(C)CCC3C(C)CCCC3(C)C1C2. The van der Waals surface area contributed by atoms with Gasteiger partial charge in [-0.25, -0.2) is 0 Å². The molecule has 1 aliphatic heterocycles. The first-order valence-electron chi connectivity index (χ1n) is 10.8. The van der Waals surface area contributed by atoms with Crippen molar-refractivity contribution in [2.75, 3.05) is 0 Å².